The Morgan fingerprint density at radius 2 is 2.11 bits per heavy atom. The summed E-state index contributed by atoms with van der Waals surface area (Å²) in [6.45, 7) is 5.64. The molecule has 18 heavy (non-hydrogen) atoms. The molecule has 2 rings (SSSR count). The van der Waals surface area contributed by atoms with Gasteiger partial charge in [-0.3, -0.25) is 0 Å². The quantitative estimate of drug-likeness (QED) is 0.832. The second kappa shape index (κ2) is 6.72. The van der Waals surface area contributed by atoms with Gasteiger partial charge in [0.2, 0.25) is 0 Å². The lowest BCUT2D eigenvalue weighted by Gasteiger charge is -2.34. The van der Waals surface area contributed by atoms with Gasteiger partial charge in [-0.2, -0.15) is 0 Å². The van der Waals surface area contributed by atoms with Crippen LogP contribution in [0.5, 0.6) is 0 Å². The van der Waals surface area contributed by atoms with Crippen molar-refractivity contribution in [1.29, 1.82) is 0 Å². The molecule has 2 heteroatoms. The van der Waals surface area contributed by atoms with E-state index >= 15 is 0 Å². The van der Waals surface area contributed by atoms with Crippen LogP contribution >= 0.6 is 15.9 Å². The van der Waals surface area contributed by atoms with E-state index in [1.807, 2.05) is 0 Å². The fourth-order valence-electron chi connectivity index (χ4n) is 3.26. The van der Waals surface area contributed by atoms with Crippen LogP contribution in [-0.2, 0) is 0 Å². The first kappa shape index (κ1) is 14.1. The molecule has 1 saturated carbocycles. The first-order chi connectivity index (χ1) is 8.72. The summed E-state index contributed by atoms with van der Waals surface area (Å²) in [4.78, 5) is 0. The van der Waals surface area contributed by atoms with Crippen molar-refractivity contribution >= 4 is 15.9 Å². The predicted molar refractivity (Wildman–Crippen MR) is 81.7 cm³/mol. The molecule has 0 amide bonds. The van der Waals surface area contributed by atoms with E-state index in [-0.39, 0.29) is 0 Å². The van der Waals surface area contributed by atoms with Gasteiger partial charge in [0.1, 0.15) is 0 Å². The zero-order valence-electron chi connectivity index (χ0n) is 11.5. The van der Waals surface area contributed by atoms with Gasteiger partial charge in [-0.05, 0) is 42.9 Å². The topological polar surface area (TPSA) is 12.0 Å². The highest BCUT2D eigenvalue weighted by Crippen LogP contribution is 2.39. The number of rotatable bonds is 4. The van der Waals surface area contributed by atoms with Crippen molar-refractivity contribution in [2.75, 3.05) is 6.54 Å². The van der Waals surface area contributed by atoms with Gasteiger partial charge >= 0.3 is 0 Å². The van der Waals surface area contributed by atoms with Gasteiger partial charge in [0.05, 0.1) is 0 Å². The highest BCUT2D eigenvalue weighted by molar-refractivity contribution is 9.10. The molecule has 1 N–H and O–H groups in total. The molecule has 0 radical (unpaired) electrons. The van der Waals surface area contributed by atoms with E-state index in [9.17, 15) is 0 Å². The van der Waals surface area contributed by atoms with Crippen LogP contribution in [0.25, 0.3) is 0 Å². The molecule has 0 saturated heterocycles. The van der Waals surface area contributed by atoms with Gasteiger partial charge in [0.15, 0.2) is 0 Å². The van der Waals surface area contributed by atoms with Gasteiger partial charge in [-0.25, -0.2) is 0 Å². The Hall–Kier alpha value is -0.340. The Bertz CT molecular complexity index is 377. The normalized spacial score (nSPS) is 25.9. The molecule has 0 spiro atoms. The summed E-state index contributed by atoms with van der Waals surface area (Å²) in [7, 11) is 0. The zero-order chi connectivity index (χ0) is 13.0. The molecule has 1 nitrogen and oxygen atoms in total. The maximum atomic E-state index is 3.71. The lowest BCUT2D eigenvalue weighted by Crippen LogP contribution is -2.31. The van der Waals surface area contributed by atoms with Crippen molar-refractivity contribution in [2.45, 2.75) is 45.6 Å². The molecule has 1 fully saturated rings. The average Bonchev–Trinajstić information content (AvgIpc) is 2.37. The second-order valence-corrected chi connectivity index (χ2v) is 6.44. The first-order valence-corrected chi connectivity index (χ1v) is 7.99. The highest BCUT2D eigenvalue weighted by atomic mass is 79.9. The molecule has 1 aromatic rings. The largest absolute Gasteiger partial charge is 0.310 e. The molecule has 100 valence electrons. The van der Waals surface area contributed by atoms with Crippen molar-refractivity contribution < 1.29 is 0 Å². The van der Waals surface area contributed by atoms with Crippen molar-refractivity contribution in [2.24, 2.45) is 11.8 Å². The highest BCUT2D eigenvalue weighted by Gasteiger charge is 2.28. The summed E-state index contributed by atoms with van der Waals surface area (Å²) in [5.74, 6) is 1.67. The minimum atomic E-state index is 0.508. The minimum Gasteiger partial charge on any atom is -0.310 e. The van der Waals surface area contributed by atoms with Crippen LogP contribution in [0.1, 0.15) is 51.1 Å². The summed E-state index contributed by atoms with van der Waals surface area (Å²) >= 11 is 3.71. The Morgan fingerprint density at radius 3 is 2.78 bits per heavy atom. The Morgan fingerprint density at radius 1 is 1.33 bits per heavy atom. The number of halogens is 1. The Balaban J connectivity index is 2.19. The molecule has 3 unspecified atom stereocenters. The summed E-state index contributed by atoms with van der Waals surface area (Å²) in [6.07, 6.45) is 5.52. The fraction of sp³-hybridized carbons (Fsp3) is 0.625. The molecule has 0 heterocycles. The molecule has 0 aromatic heterocycles. The van der Waals surface area contributed by atoms with Crippen molar-refractivity contribution in [3.63, 3.8) is 0 Å². The lowest BCUT2D eigenvalue weighted by atomic mass is 9.76. The van der Waals surface area contributed by atoms with Crippen LogP contribution in [0.2, 0.25) is 0 Å². The second-order valence-electron chi connectivity index (χ2n) is 5.59. The summed E-state index contributed by atoms with van der Waals surface area (Å²) < 4.78 is 1.24. The minimum absolute atomic E-state index is 0.508. The predicted octanol–water partition coefficient (Wildman–Crippen LogP) is 4.93. The SMILES string of the molecule is CCNC(c1ccccc1Br)C1CCCC(C)C1. The molecular formula is C16H24BrN. The lowest BCUT2D eigenvalue weighted by molar-refractivity contribution is 0.225. The van der Waals surface area contributed by atoms with Crippen LogP contribution in [0.3, 0.4) is 0 Å². The molecule has 1 aliphatic carbocycles. The Kier molecular flexibility index (Phi) is 5.25. The van der Waals surface area contributed by atoms with Gasteiger partial charge in [-0.15, -0.1) is 0 Å². The third-order valence-electron chi connectivity index (χ3n) is 4.11. The van der Waals surface area contributed by atoms with E-state index in [4.69, 9.17) is 0 Å². The van der Waals surface area contributed by atoms with E-state index < -0.39 is 0 Å². The summed E-state index contributed by atoms with van der Waals surface area (Å²) in [5, 5.41) is 3.70. The molecule has 1 aliphatic rings. The third-order valence-corrected chi connectivity index (χ3v) is 4.83. The van der Waals surface area contributed by atoms with Gasteiger partial charge < -0.3 is 5.32 Å². The monoisotopic (exact) mass is 309 g/mol. The maximum absolute atomic E-state index is 3.71. The van der Waals surface area contributed by atoms with Crippen molar-refractivity contribution in [3.8, 4) is 0 Å². The summed E-state index contributed by atoms with van der Waals surface area (Å²) in [5.41, 5.74) is 1.43. The van der Waals surface area contributed by atoms with Crippen LogP contribution in [0.15, 0.2) is 28.7 Å². The number of hydrogen-bond donors (Lipinski definition) is 1. The maximum Gasteiger partial charge on any atom is 0.0359 e. The molecule has 1 aromatic carbocycles. The molecule has 0 aliphatic heterocycles. The molecular weight excluding hydrogens is 286 g/mol. The standard InChI is InChI=1S/C16H24BrN/c1-3-18-16(13-8-6-7-12(2)11-13)14-9-4-5-10-15(14)17/h4-5,9-10,12-13,16,18H,3,6-8,11H2,1-2H3. The smallest absolute Gasteiger partial charge is 0.0359 e. The van der Waals surface area contributed by atoms with E-state index in [1.165, 1.54) is 35.7 Å². The average molecular weight is 310 g/mol. The van der Waals surface area contributed by atoms with Gasteiger partial charge in [0.25, 0.3) is 0 Å². The van der Waals surface area contributed by atoms with Gasteiger partial charge in [-0.1, -0.05) is 60.8 Å². The fourth-order valence-corrected chi connectivity index (χ4v) is 3.79. The van der Waals surface area contributed by atoms with E-state index in [2.05, 4.69) is 59.4 Å². The van der Waals surface area contributed by atoms with E-state index in [1.54, 1.807) is 0 Å². The Labute approximate surface area is 119 Å². The summed E-state index contributed by atoms with van der Waals surface area (Å²) in [6, 6.07) is 9.17. The first-order valence-electron chi connectivity index (χ1n) is 7.20. The van der Waals surface area contributed by atoms with Crippen LogP contribution < -0.4 is 5.32 Å². The van der Waals surface area contributed by atoms with Crippen LogP contribution in [0.4, 0.5) is 0 Å². The number of benzene rings is 1. The van der Waals surface area contributed by atoms with Crippen molar-refractivity contribution in [3.05, 3.63) is 34.3 Å². The zero-order valence-corrected chi connectivity index (χ0v) is 13.0. The number of nitrogens with one attached hydrogen (secondary N) is 1. The number of hydrogen-bond acceptors (Lipinski definition) is 1. The molecule has 0 bridgehead atoms. The van der Waals surface area contributed by atoms with Gasteiger partial charge in [0, 0.05) is 10.5 Å². The van der Waals surface area contributed by atoms with Crippen molar-refractivity contribution in [1.82, 2.24) is 5.32 Å². The van der Waals surface area contributed by atoms with Crippen LogP contribution in [-0.4, -0.2) is 6.54 Å². The van der Waals surface area contributed by atoms with E-state index in [0.29, 0.717) is 6.04 Å². The third kappa shape index (κ3) is 3.36. The van der Waals surface area contributed by atoms with E-state index in [0.717, 1.165) is 18.4 Å². The molecule has 3 atom stereocenters. The van der Waals surface area contributed by atoms with Crippen LogP contribution in [0, 0.1) is 11.8 Å².